The molecule has 0 spiro atoms. The quantitative estimate of drug-likeness (QED) is 0.750. The monoisotopic (exact) mass is 415 g/mol. The average molecular weight is 416 g/mol. The van der Waals surface area contributed by atoms with Crippen LogP contribution in [0.15, 0.2) is 48.5 Å². The highest BCUT2D eigenvalue weighted by Gasteiger charge is 2.23. The molecule has 1 fully saturated rings. The van der Waals surface area contributed by atoms with E-state index in [1.807, 2.05) is 42.5 Å². The first-order valence-electron chi connectivity index (χ1n) is 9.76. The number of amides is 3. The van der Waals surface area contributed by atoms with Gasteiger partial charge in [-0.15, -0.1) is 0 Å². The van der Waals surface area contributed by atoms with Gasteiger partial charge >= 0.3 is 6.03 Å². The van der Waals surface area contributed by atoms with Crippen molar-refractivity contribution in [1.29, 1.82) is 0 Å². The van der Waals surface area contributed by atoms with Crippen molar-refractivity contribution in [1.82, 2.24) is 10.2 Å². The zero-order chi connectivity index (χ0) is 20.6. The molecule has 1 aliphatic heterocycles. The minimum atomic E-state index is -0.129. The summed E-state index contributed by atoms with van der Waals surface area (Å²) in [5.41, 5.74) is 1.49. The number of likely N-dealkylation sites (tertiary alicyclic amines) is 1. The van der Waals surface area contributed by atoms with Crippen LogP contribution in [0.3, 0.4) is 0 Å². The van der Waals surface area contributed by atoms with Crippen LogP contribution in [0, 0.1) is 5.92 Å². The number of para-hydroxylation sites is 2. The van der Waals surface area contributed by atoms with Crippen molar-refractivity contribution in [3.8, 4) is 5.75 Å². The maximum atomic E-state index is 12.5. The number of carbonyl (C=O) groups is 2. The fourth-order valence-electron chi connectivity index (χ4n) is 3.42. The highest BCUT2D eigenvalue weighted by Crippen LogP contribution is 2.24. The van der Waals surface area contributed by atoms with Gasteiger partial charge in [-0.25, -0.2) is 4.79 Å². The van der Waals surface area contributed by atoms with Crippen LogP contribution in [0.1, 0.15) is 18.4 Å². The molecule has 0 aliphatic carbocycles. The Balaban J connectivity index is 1.41. The van der Waals surface area contributed by atoms with Gasteiger partial charge < -0.3 is 20.3 Å². The van der Waals surface area contributed by atoms with Crippen LogP contribution in [0.2, 0.25) is 5.02 Å². The summed E-state index contributed by atoms with van der Waals surface area (Å²) >= 11 is 6.11. The van der Waals surface area contributed by atoms with Gasteiger partial charge in [-0.3, -0.25) is 4.79 Å². The number of ether oxygens (including phenoxy) is 1. The normalized spacial score (nSPS) is 14.3. The molecule has 1 saturated heterocycles. The predicted molar refractivity (Wildman–Crippen MR) is 114 cm³/mol. The third-order valence-corrected chi connectivity index (χ3v) is 5.52. The van der Waals surface area contributed by atoms with E-state index in [4.69, 9.17) is 16.3 Å². The second-order valence-corrected chi connectivity index (χ2v) is 7.54. The zero-order valence-electron chi connectivity index (χ0n) is 16.5. The average Bonchev–Trinajstić information content (AvgIpc) is 2.74. The minimum absolute atomic E-state index is 0.0329. The molecule has 29 heavy (non-hydrogen) atoms. The van der Waals surface area contributed by atoms with Gasteiger partial charge in [0.1, 0.15) is 5.75 Å². The molecule has 2 aromatic rings. The SMILES string of the molecule is COc1ccccc1NC(=O)N1CCC(CNC(=O)Cc2ccccc2Cl)CC1. The van der Waals surface area contributed by atoms with E-state index < -0.39 is 0 Å². The maximum absolute atomic E-state index is 12.5. The summed E-state index contributed by atoms with van der Waals surface area (Å²) in [7, 11) is 1.58. The van der Waals surface area contributed by atoms with E-state index in [9.17, 15) is 9.59 Å². The molecule has 1 aliphatic rings. The number of urea groups is 1. The molecule has 7 heteroatoms. The number of hydrogen-bond acceptors (Lipinski definition) is 3. The molecule has 6 nitrogen and oxygen atoms in total. The van der Waals surface area contributed by atoms with Crippen LogP contribution >= 0.6 is 11.6 Å². The van der Waals surface area contributed by atoms with Crippen molar-refractivity contribution < 1.29 is 14.3 Å². The van der Waals surface area contributed by atoms with Crippen molar-refractivity contribution in [3.05, 3.63) is 59.1 Å². The molecule has 0 saturated carbocycles. The van der Waals surface area contributed by atoms with Gasteiger partial charge in [-0.2, -0.15) is 0 Å². The van der Waals surface area contributed by atoms with Crippen LogP contribution in [0.25, 0.3) is 0 Å². The Morgan fingerprint density at radius 3 is 2.52 bits per heavy atom. The highest BCUT2D eigenvalue weighted by molar-refractivity contribution is 6.31. The second-order valence-electron chi connectivity index (χ2n) is 7.13. The lowest BCUT2D eigenvalue weighted by atomic mass is 9.97. The number of anilines is 1. The summed E-state index contributed by atoms with van der Waals surface area (Å²) in [6.45, 7) is 1.93. The van der Waals surface area contributed by atoms with Crippen LogP contribution in [-0.4, -0.2) is 43.6 Å². The fraction of sp³-hybridized carbons (Fsp3) is 0.364. The molecule has 0 bridgehead atoms. The Hall–Kier alpha value is -2.73. The summed E-state index contributed by atoms with van der Waals surface area (Å²) < 4.78 is 5.27. The standard InChI is InChI=1S/C22H26ClN3O3/c1-29-20-9-5-4-8-19(20)25-22(28)26-12-10-16(11-13-26)15-24-21(27)14-17-6-2-3-7-18(17)23/h2-9,16H,10-15H2,1H3,(H,24,27)(H,25,28). The van der Waals surface area contributed by atoms with Gasteiger partial charge in [0, 0.05) is 24.7 Å². The van der Waals surface area contributed by atoms with E-state index in [1.54, 1.807) is 18.1 Å². The molecule has 3 rings (SSSR count). The number of rotatable bonds is 6. The smallest absolute Gasteiger partial charge is 0.321 e. The predicted octanol–water partition coefficient (Wildman–Crippen LogP) is 3.95. The maximum Gasteiger partial charge on any atom is 0.321 e. The topological polar surface area (TPSA) is 70.7 Å². The third-order valence-electron chi connectivity index (χ3n) is 5.15. The number of carbonyl (C=O) groups excluding carboxylic acids is 2. The number of benzene rings is 2. The number of nitrogens with zero attached hydrogens (tertiary/aromatic N) is 1. The van der Waals surface area contributed by atoms with E-state index in [0.717, 1.165) is 18.4 Å². The van der Waals surface area contributed by atoms with Crippen molar-refractivity contribution in [2.24, 2.45) is 5.92 Å². The van der Waals surface area contributed by atoms with E-state index in [2.05, 4.69) is 10.6 Å². The number of piperidine rings is 1. The molecule has 0 aromatic heterocycles. The van der Waals surface area contributed by atoms with E-state index in [0.29, 0.717) is 42.0 Å². The van der Waals surface area contributed by atoms with Gasteiger partial charge in [-0.1, -0.05) is 41.9 Å². The first-order valence-corrected chi connectivity index (χ1v) is 10.1. The molecule has 3 amide bonds. The van der Waals surface area contributed by atoms with Gasteiger partial charge in [-0.05, 0) is 42.5 Å². The number of nitrogens with one attached hydrogen (secondary N) is 2. The van der Waals surface area contributed by atoms with Crippen LogP contribution in [-0.2, 0) is 11.2 Å². The van der Waals surface area contributed by atoms with Crippen molar-refractivity contribution in [2.75, 3.05) is 32.1 Å². The third kappa shape index (κ3) is 5.87. The first-order chi connectivity index (χ1) is 14.1. The number of hydrogen-bond donors (Lipinski definition) is 2. The van der Waals surface area contributed by atoms with Crippen LogP contribution < -0.4 is 15.4 Å². The molecule has 1 heterocycles. The molecule has 2 aromatic carbocycles. The van der Waals surface area contributed by atoms with E-state index in [1.165, 1.54) is 0 Å². The zero-order valence-corrected chi connectivity index (χ0v) is 17.2. The summed E-state index contributed by atoms with van der Waals surface area (Å²) in [5, 5.41) is 6.51. The molecular formula is C22H26ClN3O3. The van der Waals surface area contributed by atoms with Crippen LogP contribution in [0.4, 0.5) is 10.5 Å². The Labute approximate surface area is 176 Å². The van der Waals surface area contributed by atoms with Gasteiger partial charge in [0.15, 0.2) is 0 Å². The summed E-state index contributed by atoms with van der Waals surface area (Å²) in [4.78, 5) is 26.5. The highest BCUT2D eigenvalue weighted by atomic mass is 35.5. The van der Waals surface area contributed by atoms with Crippen LogP contribution in [0.5, 0.6) is 5.75 Å². The lowest BCUT2D eigenvalue weighted by Crippen LogP contribution is -2.43. The van der Waals surface area contributed by atoms with E-state index in [-0.39, 0.29) is 18.4 Å². The molecule has 0 radical (unpaired) electrons. The van der Waals surface area contributed by atoms with Gasteiger partial charge in [0.05, 0.1) is 19.2 Å². The number of methoxy groups -OCH3 is 1. The largest absolute Gasteiger partial charge is 0.495 e. The fourth-order valence-corrected chi connectivity index (χ4v) is 3.62. The Morgan fingerprint density at radius 2 is 1.79 bits per heavy atom. The van der Waals surface area contributed by atoms with E-state index >= 15 is 0 Å². The van der Waals surface area contributed by atoms with Gasteiger partial charge in [0.2, 0.25) is 5.91 Å². The minimum Gasteiger partial charge on any atom is -0.495 e. The second kappa shape index (κ2) is 10.2. The Kier molecular flexibility index (Phi) is 7.36. The lowest BCUT2D eigenvalue weighted by Gasteiger charge is -2.32. The Morgan fingerprint density at radius 1 is 1.10 bits per heavy atom. The molecule has 154 valence electrons. The molecule has 0 unspecified atom stereocenters. The van der Waals surface area contributed by atoms with Crippen molar-refractivity contribution in [2.45, 2.75) is 19.3 Å². The number of halogens is 1. The molecule has 0 atom stereocenters. The van der Waals surface area contributed by atoms with Gasteiger partial charge in [0.25, 0.3) is 0 Å². The summed E-state index contributed by atoms with van der Waals surface area (Å²) in [6, 6.07) is 14.6. The summed E-state index contributed by atoms with van der Waals surface area (Å²) in [6.07, 6.45) is 1.98. The Bertz CT molecular complexity index is 851. The lowest BCUT2D eigenvalue weighted by molar-refractivity contribution is -0.120. The van der Waals surface area contributed by atoms with Crippen molar-refractivity contribution >= 4 is 29.2 Å². The first kappa shape index (κ1) is 21.0. The molecular weight excluding hydrogens is 390 g/mol. The molecule has 2 N–H and O–H groups in total. The van der Waals surface area contributed by atoms with Crippen molar-refractivity contribution in [3.63, 3.8) is 0 Å². The summed E-state index contributed by atoms with van der Waals surface area (Å²) in [5.74, 6) is 0.965.